The molecule has 0 aliphatic rings. The van der Waals surface area contributed by atoms with Crippen LogP contribution in [0.5, 0.6) is 0 Å². The highest BCUT2D eigenvalue weighted by Gasteiger charge is 2.20. The topological polar surface area (TPSA) is 90.1 Å². The molecule has 1 aromatic heterocycles. The van der Waals surface area contributed by atoms with E-state index in [1.54, 1.807) is 16.8 Å². The van der Waals surface area contributed by atoms with Crippen molar-refractivity contribution in [3.8, 4) is 16.9 Å². The maximum atomic E-state index is 12.7. The van der Waals surface area contributed by atoms with Gasteiger partial charge in [-0.05, 0) is 18.1 Å². The highest BCUT2D eigenvalue weighted by atomic mass is 16.6. The number of hydrogen-bond donors (Lipinski definition) is 1. The Hall–Kier alpha value is -3.48. The molecule has 0 atom stereocenters. The first-order chi connectivity index (χ1) is 13.0. The van der Waals surface area contributed by atoms with Crippen LogP contribution >= 0.6 is 0 Å². The molecule has 0 aliphatic carbocycles. The molecule has 0 saturated heterocycles. The van der Waals surface area contributed by atoms with Gasteiger partial charge in [0.2, 0.25) is 0 Å². The highest BCUT2D eigenvalue weighted by Crippen LogP contribution is 2.27. The van der Waals surface area contributed by atoms with Gasteiger partial charge < -0.3 is 5.32 Å². The van der Waals surface area contributed by atoms with E-state index in [0.29, 0.717) is 29.4 Å². The lowest BCUT2D eigenvalue weighted by Gasteiger charge is -2.11. The second kappa shape index (κ2) is 7.82. The van der Waals surface area contributed by atoms with Gasteiger partial charge in [-0.15, -0.1) is 0 Å². The summed E-state index contributed by atoms with van der Waals surface area (Å²) in [5.74, 6) is 0.134. The predicted octanol–water partition coefficient (Wildman–Crippen LogP) is 3.83. The minimum absolute atomic E-state index is 0.00191. The maximum absolute atomic E-state index is 12.7. The minimum atomic E-state index is -0.449. The number of carbonyl (C=O) groups excluding carboxylic acids is 1. The summed E-state index contributed by atoms with van der Waals surface area (Å²) in [4.78, 5) is 23.1. The molecule has 1 heterocycles. The molecule has 3 rings (SSSR count). The lowest BCUT2D eigenvalue weighted by molar-refractivity contribution is -0.384. The van der Waals surface area contributed by atoms with Gasteiger partial charge in [0.1, 0.15) is 0 Å². The lowest BCUT2D eigenvalue weighted by atomic mass is 10.1. The summed E-state index contributed by atoms with van der Waals surface area (Å²) in [7, 11) is 0. The predicted molar refractivity (Wildman–Crippen MR) is 103 cm³/mol. The number of non-ortho nitro benzene ring substituents is 1. The summed E-state index contributed by atoms with van der Waals surface area (Å²) in [5.41, 5.74) is 2.58. The fourth-order valence-electron chi connectivity index (χ4n) is 2.69. The first-order valence-corrected chi connectivity index (χ1v) is 8.64. The molecule has 7 nitrogen and oxygen atoms in total. The molecule has 0 radical (unpaired) electrons. The molecule has 0 bridgehead atoms. The molecular formula is C20H20N4O3. The van der Waals surface area contributed by atoms with Gasteiger partial charge in [-0.1, -0.05) is 44.2 Å². The molecule has 3 aromatic rings. The second-order valence-electron chi connectivity index (χ2n) is 6.56. The van der Waals surface area contributed by atoms with Crippen LogP contribution in [0.1, 0.15) is 24.2 Å². The van der Waals surface area contributed by atoms with Crippen molar-refractivity contribution < 1.29 is 9.72 Å². The zero-order valence-corrected chi connectivity index (χ0v) is 15.1. The Balaban J connectivity index is 2.06. The van der Waals surface area contributed by atoms with Gasteiger partial charge in [-0.2, -0.15) is 5.10 Å². The van der Waals surface area contributed by atoms with Crippen molar-refractivity contribution in [1.82, 2.24) is 15.1 Å². The van der Waals surface area contributed by atoms with Gasteiger partial charge in [0.15, 0.2) is 0 Å². The van der Waals surface area contributed by atoms with Crippen LogP contribution < -0.4 is 5.32 Å². The van der Waals surface area contributed by atoms with Crippen LogP contribution in [-0.4, -0.2) is 27.2 Å². The Labute approximate surface area is 156 Å². The Kier molecular flexibility index (Phi) is 5.30. The third kappa shape index (κ3) is 4.03. The van der Waals surface area contributed by atoms with Crippen LogP contribution in [0.25, 0.3) is 16.9 Å². The summed E-state index contributed by atoms with van der Waals surface area (Å²) in [6.07, 6.45) is 1.53. The zero-order chi connectivity index (χ0) is 19.4. The molecule has 1 N–H and O–H groups in total. The molecule has 27 heavy (non-hydrogen) atoms. The van der Waals surface area contributed by atoms with Crippen LogP contribution in [0.3, 0.4) is 0 Å². The minimum Gasteiger partial charge on any atom is -0.352 e. The van der Waals surface area contributed by atoms with E-state index in [4.69, 9.17) is 0 Å². The molecule has 0 fully saturated rings. The van der Waals surface area contributed by atoms with Gasteiger partial charge in [0.05, 0.1) is 28.1 Å². The average Bonchev–Trinajstić information content (AvgIpc) is 3.12. The van der Waals surface area contributed by atoms with E-state index in [9.17, 15) is 14.9 Å². The van der Waals surface area contributed by atoms with Crippen molar-refractivity contribution in [2.75, 3.05) is 6.54 Å². The van der Waals surface area contributed by atoms with Gasteiger partial charge in [-0.3, -0.25) is 14.9 Å². The Morgan fingerprint density at radius 1 is 1.15 bits per heavy atom. The Morgan fingerprint density at radius 2 is 1.81 bits per heavy atom. The van der Waals surface area contributed by atoms with E-state index in [0.717, 1.165) is 5.56 Å². The summed E-state index contributed by atoms with van der Waals surface area (Å²) >= 11 is 0. The Morgan fingerprint density at radius 3 is 2.41 bits per heavy atom. The largest absolute Gasteiger partial charge is 0.352 e. The molecule has 0 aliphatic heterocycles. The Bertz CT molecular complexity index is 947. The summed E-state index contributed by atoms with van der Waals surface area (Å²) in [5, 5.41) is 18.2. The fraction of sp³-hybridized carbons (Fsp3) is 0.200. The first kappa shape index (κ1) is 18.3. The molecule has 0 unspecified atom stereocenters. The van der Waals surface area contributed by atoms with Crippen LogP contribution in [-0.2, 0) is 0 Å². The molecule has 0 saturated carbocycles. The van der Waals surface area contributed by atoms with Crippen molar-refractivity contribution in [2.24, 2.45) is 5.92 Å². The number of nitrogens with one attached hydrogen (secondary N) is 1. The zero-order valence-electron chi connectivity index (χ0n) is 15.1. The number of hydrogen-bond acceptors (Lipinski definition) is 4. The average molecular weight is 364 g/mol. The number of amides is 1. The number of carbonyl (C=O) groups is 1. The van der Waals surface area contributed by atoms with Crippen LogP contribution in [0.4, 0.5) is 5.69 Å². The molecular weight excluding hydrogens is 344 g/mol. The summed E-state index contributed by atoms with van der Waals surface area (Å²) in [6, 6.07) is 15.6. The fourth-order valence-corrected chi connectivity index (χ4v) is 2.69. The van der Waals surface area contributed by atoms with E-state index in [1.165, 1.54) is 18.3 Å². The highest BCUT2D eigenvalue weighted by molar-refractivity contribution is 6.00. The van der Waals surface area contributed by atoms with Gasteiger partial charge in [0, 0.05) is 24.2 Å². The smallest absolute Gasteiger partial charge is 0.269 e. The van der Waals surface area contributed by atoms with Crippen LogP contribution in [0.15, 0.2) is 60.8 Å². The summed E-state index contributed by atoms with van der Waals surface area (Å²) < 4.78 is 1.63. The molecule has 0 spiro atoms. The SMILES string of the molecule is CC(C)CNC(=O)c1cnn(-c2ccc([N+](=O)[O-])cc2)c1-c1ccccc1. The molecule has 2 aromatic carbocycles. The number of benzene rings is 2. The number of nitro groups is 1. The van der Waals surface area contributed by atoms with Gasteiger partial charge >= 0.3 is 0 Å². The summed E-state index contributed by atoms with van der Waals surface area (Å²) in [6.45, 7) is 4.62. The second-order valence-corrected chi connectivity index (χ2v) is 6.56. The van der Waals surface area contributed by atoms with E-state index >= 15 is 0 Å². The maximum Gasteiger partial charge on any atom is 0.269 e. The van der Waals surface area contributed by atoms with Crippen molar-refractivity contribution in [2.45, 2.75) is 13.8 Å². The van der Waals surface area contributed by atoms with Crippen molar-refractivity contribution in [3.05, 3.63) is 76.5 Å². The number of aromatic nitrogens is 2. The molecule has 7 heteroatoms. The third-order valence-electron chi connectivity index (χ3n) is 4.04. The van der Waals surface area contributed by atoms with E-state index in [2.05, 4.69) is 10.4 Å². The van der Waals surface area contributed by atoms with Gasteiger partial charge in [-0.25, -0.2) is 4.68 Å². The van der Waals surface area contributed by atoms with Crippen LogP contribution in [0, 0.1) is 16.0 Å². The van der Waals surface area contributed by atoms with Crippen LogP contribution in [0.2, 0.25) is 0 Å². The van der Waals surface area contributed by atoms with E-state index in [-0.39, 0.29) is 11.6 Å². The van der Waals surface area contributed by atoms with E-state index < -0.39 is 4.92 Å². The number of rotatable bonds is 6. The molecule has 138 valence electrons. The first-order valence-electron chi connectivity index (χ1n) is 8.64. The van der Waals surface area contributed by atoms with Crippen molar-refractivity contribution in [3.63, 3.8) is 0 Å². The third-order valence-corrected chi connectivity index (χ3v) is 4.04. The standard InChI is InChI=1S/C20H20N4O3/c1-14(2)12-21-20(25)18-13-22-23(19(18)15-6-4-3-5-7-15)16-8-10-17(11-9-16)24(26)27/h3-11,13-14H,12H2,1-2H3,(H,21,25). The lowest BCUT2D eigenvalue weighted by Crippen LogP contribution is -2.27. The van der Waals surface area contributed by atoms with Crippen molar-refractivity contribution >= 4 is 11.6 Å². The number of nitro benzene ring substituents is 1. The normalized spacial score (nSPS) is 10.8. The van der Waals surface area contributed by atoms with Gasteiger partial charge in [0.25, 0.3) is 11.6 Å². The quantitative estimate of drug-likeness (QED) is 0.531. The number of nitrogens with zero attached hydrogens (tertiary/aromatic N) is 3. The molecule has 1 amide bonds. The monoisotopic (exact) mass is 364 g/mol. The van der Waals surface area contributed by atoms with Crippen molar-refractivity contribution in [1.29, 1.82) is 0 Å². The van der Waals surface area contributed by atoms with E-state index in [1.807, 2.05) is 44.2 Å².